The number of hydrogen-bond acceptors (Lipinski definition) is 8. The largest absolute Gasteiger partial charge is 0.381 e. The summed E-state index contributed by atoms with van der Waals surface area (Å²) in [7, 11) is 0. The highest BCUT2D eigenvalue weighted by atomic mass is 16.5. The Labute approximate surface area is 269 Å². The SMILES string of the molecule is C[C@H](CCCOCCCN)[C@H]1CC[C@H]2C3[C@H](OCCCN)CC4C[C@H](OCCCN)CCC4(C)[C@H]3C[C@H](OCCCN)[C@]12C. The van der Waals surface area contributed by atoms with Gasteiger partial charge in [-0.15, -0.1) is 0 Å². The van der Waals surface area contributed by atoms with Crippen molar-refractivity contribution in [2.45, 2.75) is 123 Å². The summed E-state index contributed by atoms with van der Waals surface area (Å²) in [6, 6.07) is 0. The molecule has 4 fully saturated rings. The van der Waals surface area contributed by atoms with Gasteiger partial charge in [0, 0.05) is 38.4 Å². The van der Waals surface area contributed by atoms with E-state index in [9.17, 15) is 0 Å². The van der Waals surface area contributed by atoms with Crippen LogP contribution < -0.4 is 22.9 Å². The van der Waals surface area contributed by atoms with Crippen LogP contribution in [0, 0.1) is 46.3 Å². The molecule has 8 nitrogen and oxygen atoms in total. The van der Waals surface area contributed by atoms with Gasteiger partial charge < -0.3 is 41.9 Å². The van der Waals surface area contributed by atoms with Gasteiger partial charge in [0.25, 0.3) is 0 Å². The maximum atomic E-state index is 6.97. The van der Waals surface area contributed by atoms with Crippen molar-refractivity contribution in [3.05, 3.63) is 0 Å². The van der Waals surface area contributed by atoms with Crippen LogP contribution in [0.5, 0.6) is 0 Å². The fourth-order valence-corrected chi connectivity index (χ4v) is 10.6. The minimum absolute atomic E-state index is 0.150. The van der Waals surface area contributed by atoms with Crippen molar-refractivity contribution in [3.63, 3.8) is 0 Å². The van der Waals surface area contributed by atoms with Gasteiger partial charge in [0.15, 0.2) is 0 Å². The second-order valence-corrected chi connectivity index (χ2v) is 15.4. The lowest BCUT2D eigenvalue weighted by atomic mass is 9.43. The van der Waals surface area contributed by atoms with Gasteiger partial charge in [0.1, 0.15) is 0 Å². The van der Waals surface area contributed by atoms with E-state index in [2.05, 4.69) is 20.8 Å². The van der Waals surface area contributed by atoms with Gasteiger partial charge in [-0.1, -0.05) is 20.8 Å². The van der Waals surface area contributed by atoms with Crippen LogP contribution in [-0.2, 0) is 18.9 Å². The highest BCUT2D eigenvalue weighted by Crippen LogP contribution is 2.69. The van der Waals surface area contributed by atoms with Gasteiger partial charge >= 0.3 is 0 Å². The van der Waals surface area contributed by atoms with E-state index in [1.807, 2.05) is 0 Å². The minimum atomic E-state index is 0.150. The Morgan fingerprint density at radius 2 is 1.32 bits per heavy atom. The molecule has 4 aliphatic carbocycles. The summed E-state index contributed by atoms with van der Waals surface area (Å²) >= 11 is 0. The summed E-state index contributed by atoms with van der Waals surface area (Å²) < 4.78 is 26.1. The molecule has 4 aliphatic rings. The number of fused-ring (bicyclic) bond motifs is 5. The molecule has 3 unspecified atom stereocenters. The summed E-state index contributed by atoms with van der Waals surface area (Å²) in [4.78, 5) is 0. The standard InChI is InChI=1S/C36H70N4O4/c1-26(9-4-18-41-19-5-14-37)29-10-11-30-34-31(25-33(36(29,30)3)44-22-8-17-40)35(2)13-12-28(42-20-6-15-38)23-27(35)24-32(34)43-21-7-16-39/h26-34H,4-25,37-40H2,1-3H3/t26-,27?,28-,29-,30+,31+,32-,33+,34?,35?,36-/m1/s1. The first kappa shape index (κ1) is 36.5. The van der Waals surface area contributed by atoms with E-state index in [0.717, 1.165) is 90.8 Å². The summed E-state index contributed by atoms with van der Waals surface area (Å²) in [5.74, 6) is 3.73. The van der Waals surface area contributed by atoms with E-state index in [1.165, 1.54) is 25.7 Å². The van der Waals surface area contributed by atoms with Crippen molar-refractivity contribution in [2.24, 2.45) is 69.3 Å². The number of hydrogen-bond donors (Lipinski definition) is 4. The molecule has 258 valence electrons. The predicted molar refractivity (Wildman–Crippen MR) is 179 cm³/mol. The third-order valence-electron chi connectivity index (χ3n) is 12.9. The lowest BCUT2D eigenvalue weighted by Crippen LogP contribution is -2.63. The lowest BCUT2D eigenvalue weighted by molar-refractivity contribution is -0.227. The molecule has 0 radical (unpaired) electrons. The highest BCUT2D eigenvalue weighted by Gasteiger charge is 2.66. The van der Waals surface area contributed by atoms with Crippen LogP contribution >= 0.6 is 0 Å². The number of ether oxygens (including phenoxy) is 4. The van der Waals surface area contributed by atoms with Gasteiger partial charge in [0.2, 0.25) is 0 Å². The maximum Gasteiger partial charge on any atom is 0.0637 e. The third kappa shape index (κ3) is 8.21. The smallest absolute Gasteiger partial charge is 0.0637 e. The van der Waals surface area contributed by atoms with Gasteiger partial charge in [-0.2, -0.15) is 0 Å². The molecule has 0 aliphatic heterocycles. The van der Waals surface area contributed by atoms with Crippen molar-refractivity contribution < 1.29 is 18.9 Å². The second-order valence-electron chi connectivity index (χ2n) is 15.4. The number of rotatable bonds is 20. The number of nitrogens with two attached hydrogens (primary N) is 4. The second kappa shape index (κ2) is 17.7. The highest BCUT2D eigenvalue weighted by molar-refractivity contribution is 5.15. The average Bonchev–Trinajstić information content (AvgIpc) is 3.38. The van der Waals surface area contributed by atoms with Gasteiger partial charge in [-0.3, -0.25) is 0 Å². The zero-order valence-corrected chi connectivity index (χ0v) is 28.7. The van der Waals surface area contributed by atoms with Crippen LogP contribution in [0.15, 0.2) is 0 Å². The monoisotopic (exact) mass is 623 g/mol. The molecular weight excluding hydrogens is 552 g/mol. The molecule has 0 heterocycles. The first-order chi connectivity index (χ1) is 21.3. The fraction of sp³-hybridized carbons (Fsp3) is 1.00. The van der Waals surface area contributed by atoms with E-state index in [4.69, 9.17) is 41.9 Å². The lowest BCUT2D eigenvalue weighted by Gasteiger charge is -2.65. The first-order valence-corrected chi connectivity index (χ1v) is 18.6. The molecule has 0 aromatic heterocycles. The third-order valence-corrected chi connectivity index (χ3v) is 12.9. The molecule has 8 heteroatoms. The minimum Gasteiger partial charge on any atom is -0.381 e. The van der Waals surface area contributed by atoms with Crippen LogP contribution in [0.1, 0.15) is 104 Å². The fourth-order valence-electron chi connectivity index (χ4n) is 10.6. The summed E-state index contributed by atoms with van der Waals surface area (Å²) in [6.45, 7) is 14.4. The molecule has 0 bridgehead atoms. The van der Waals surface area contributed by atoms with Gasteiger partial charge in [-0.05, 0) is 151 Å². The van der Waals surface area contributed by atoms with Gasteiger partial charge in [0.05, 0.1) is 18.3 Å². The normalized spacial score (nSPS) is 39.1. The van der Waals surface area contributed by atoms with Crippen LogP contribution in [-0.4, -0.2) is 77.5 Å². The first-order valence-electron chi connectivity index (χ1n) is 18.6. The topological polar surface area (TPSA) is 141 Å². The Kier molecular flexibility index (Phi) is 14.7. The summed E-state index contributed by atoms with van der Waals surface area (Å²) in [6.07, 6.45) is 15.4. The quantitative estimate of drug-likeness (QED) is 0.141. The molecular formula is C36H70N4O4. The molecule has 4 saturated carbocycles. The zero-order valence-electron chi connectivity index (χ0n) is 28.7. The van der Waals surface area contributed by atoms with Crippen molar-refractivity contribution >= 4 is 0 Å². The van der Waals surface area contributed by atoms with Crippen molar-refractivity contribution in [1.82, 2.24) is 0 Å². The Morgan fingerprint density at radius 3 is 2.02 bits per heavy atom. The van der Waals surface area contributed by atoms with Crippen molar-refractivity contribution in [3.8, 4) is 0 Å². The van der Waals surface area contributed by atoms with Crippen molar-refractivity contribution in [2.75, 3.05) is 59.2 Å². The van der Waals surface area contributed by atoms with Crippen LogP contribution in [0.2, 0.25) is 0 Å². The molecule has 0 aromatic rings. The molecule has 0 aromatic carbocycles. The van der Waals surface area contributed by atoms with Crippen LogP contribution in [0.25, 0.3) is 0 Å². The summed E-state index contributed by atoms with van der Waals surface area (Å²) in [5, 5.41) is 0. The maximum absolute atomic E-state index is 6.97. The molecule has 4 rings (SSSR count). The molecule has 11 atom stereocenters. The van der Waals surface area contributed by atoms with E-state index in [0.29, 0.717) is 79.3 Å². The average molecular weight is 623 g/mol. The van der Waals surface area contributed by atoms with E-state index < -0.39 is 0 Å². The summed E-state index contributed by atoms with van der Waals surface area (Å²) in [5.41, 5.74) is 23.8. The molecule has 0 spiro atoms. The van der Waals surface area contributed by atoms with Crippen molar-refractivity contribution in [1.29, 1.82) is 0 Å². The van der Waals surface area contributed by atoms with E-state index in [1.54, 1.807) is 0 Å². The Bertz CT molecular complexity index is 821. The van der Waals surface area contributed by atoms with E-state index >= 15 is 0 Å². The Hall–Kier alpha value is -0.320. The van der Waals surface area contributed by atoms with Crippen LogP contribution in [0.4, 0.5) is 0 Å². The predicted octanol–water partition coefficient (Wildman–Crippen LogP) is 4.85. The molecule has 8 N–H and O–H groups in total. The molecule has 0 saturated heterocycles. The molecule has 44 heavy (non-hydrogen) atoms. The van der Waals surface area contributed by atoms with Crippen LogP contribution in [0.3, 0.4) is 0 Å². The Balaban J connectivity index is 1.57. The van der Waals surface area contributed by atoms with Gasteiger partial charge in [-0.25, -0.2) is 0 Å². The Morgan fingerprint density at radius 1 is 0.682 bits per heavy atom. The zero-order chi connectivity index (χ0) is 31.6. The van der Waals surface area contributed by atoms with E-state index in [-0.39, 0.29) is 11.5 Å². The molecule has 0 amide bonds.